The third-order valence-electron chi connectivity index (χ3n) is 6.23. The van der Waals surface area contributed by atoms with E-state index in [2.05, 4.69) is 17.4 Å². The molecule has 158 valence electrons. The molecule has 0 unspecified atom stereocenters. The fourth-order valence-electron chi connectivity index (χ4n) is 4.44. The van der Waals surface area contributed by atoms with Gasteiger partial charge in [-0.3, -0.25) is 0 Å². The predicted molar refractivity (Wildman–Crippen MR) is 100 cm³/mol. The minimum atomic E-state index is -2.58. The maximum absolute atomic E-state index is 13.4. The van der Waals surface area contributed by atoms with Crippen molar-refractivity contribution < 1.29 is 23.2 Å². The lowest BCUT2D eigenvalue weighted by atomic mass is 9.88. The quantitative estimate of drug-likeness (QED) is 0.794. The molecule has 0 saturated carbocycles. The SMILES string of the molecule is CC[C@@H]1CN(C(=O)Nc2c(C)noc2C)[C@H](CO)[C@@H]1CN1CCC(F)(F)CC1. The average molecular weight is 400 g/mol. The molecule has 0 bridgehead atoms. The molecule has 2 N–H and O–H groups in total. The molecule has 3 atom stereocenters. The first-order valence-corrected chi connectivity index (χ1v) is 9.97. The van der Waals surface area contributed by atoms with E-state index in [1.165, 1.54) is 0 Å². The van der Waals surface area contributed by atoms with Crippen LogP contribution in [0, 0.1) is 25.7 Å². The lowest BCUT2D eigenvalue weighted by molar-refractivity contribution is -0.0591. The number of anilines is 1. The van der Waals surface area contributed by atoms with E-state index in [0.29, 0.717) is 43.3 Å². The number of hydrogen-bond donors (Lipinski definition) is 2. The van der Waals surface area contributed by atoms with Crippen molar-refractivity contribution in [1.29, 1.82) is 0 Å². The van der Waals surface area contributed by atoms with Crippen molar-refractivity contribution >= 4 is 11.7 Å². The monoisotopic (exact) mass is 400 g/mol. The van der Waals surface area contributed by atoms with Crippen LogP contribution in [0.2, 0.25) is 0 Å². The zero-order valence-corrected chi connectivity index (χ0v) is 16.8. The van der Waals surface area contributed by atoms with Gasteiger partial charge in [0, 0.05) is 39.0 Å². The fourth-order valence-corrected chi connectivity index (χ4v) is 4.44. The fraction of sp³-hybridized carbons (Fsp3) is 0.789. The Bertz CT molecular complexity index is 667. The molecule has 2 amide bonds. The maximum atomic E-state index is 13.4. The molecular formula is C19H30F2N4O3. The summed E-state index contributed by atoms with van der Waals surface area (Å²) in [5.74, 6) is -1.77. The van der Waals surface area contributed by atoms with Gasteiger partial charge >= 0.3 is 6.03 Å². The molecule has 0 aromatic carbocycles. The van der Waals surface area contributed by atoms with Crippen molar-refractivity contribution in [2.45, 2.75) is 52.0 Å². The summed E-state index contributed by atoms with van der Waals surface area (Å²) in [6.45, 7) is 7.25. The highest BCUT2D eigenvalue weighted by Crippen LogP contribution is 2.35. The Morgan fingerprint density at radius 2 is 2.04 bits per heavy atom. The van der Waals surface area contributed by atoms with Crippen LogP contribution in [0.15, 0.2) is 4.52 Å². The molecule has 2 aliphatic rings. The van der Waals surface area contributed by atoms with Crippen LogP contribution >= 0.6 is 0 Å². The number of aliphatic hydroxyl groups is 1. The lowest BCUT2D eigenvalue weighted by Gasteiger charge is -2.36. The van der Waals surface area contributed by atoms with Crippen molar-refractivity contribution in [3.05, 3.63) is 11.5 Å². The molecule has 3 rings (SSSR count). The van der Waals surface area contributed by atoms with Crippen LogP contribution in [-0.2, 0) is 0 Å². The van der Waals surface area contributed by atoms with Gasteiger partial charge in [-0.25, -0.2) is 13.6 Å². The Hall–Kier alpha value is -1.74. The number of aryl methyl sites for hydroxylation is 2. The van der Waals surface area contributed by atoms with Crippen LogP contribution in [0.4, 0.5) is 19.3 Å². The van der Waals surface area contributed by atoms with E-state index in [9.17, 15) is 18.7 Å². The van der Waals surface area contributed by atoms with E-state index >= 15 is 0 Å². The maximum Gasteiger partial charge on any atom is 0.322 e. The van der Waals surface area contributed by atoms with Crippen LogP contribution in [0.3, 0.4) is 0 Å². The lowest BCUT2D eigenvalue weighted by Crippen LogP contribution is -2.47. The van der Waals surface area contributed by atoms with Crippen molar-refractivity contribution in [2.75, 3.05) is 38.1 Å². The Morgan fingerprint density at radius 3 is 2.57 bits per heavy atom. The number of nitrogens with zero attached hydrogens (tertiary/aromatic N) is 3. The van der Waals surface area contributed by atoms with Crippen LogP contribution in [0.1, 0.15) is 37.6 Å². The standard InChI is InChI=1S/C19H30F2N4O3/c1-4-14-9-25(18(27)22-17-12(2)23-28-13(17)3)16(11-26)15(14)10-24-7-5-19(20,21)6-8-24/h14-16,26H,4-11H2,1-3H3,(H,22,27)/t14-,15-,16-/m1/s1. The minimum Gasteiger partial charge on any atom is -0.394 e. The number of likely N-dealkylation sites (tertiary alicyclic amines) is 2. The number of hydrogen-bond acceptors (Lipinski definition) is 5. The summed E-state index contributed by atoms with van der Waals surface area (Å²) in [5.41, 5.74) is 1.15. The van der Waals surface area contributed by atoms with Crippen LogP contribution in [0.25, 0.3) is 0 Å². The molecule has 0 aliphatic carbocycles. The number of urea groups is 1. The number of halogens is 2. The Balaban J connectivity index is 1.69. The van der Waals surface area contributed by atoms with Crippen molar-refractivity contribution in [3.63, 3.8) is 0 Å². The summed E-state index contributed by atoms with van der Waals surface area (Å²) in [7, 11) is 0. The number of alkyl halides is 2. The predicted octanol–water partition coefficient (Wildman–Crippen LogP) is 2.87. The largest absolute Gasteiger partial charge is 0.394 e. The number of nitrogens with one attached hydrogen (secondary N) is 1. The summed E-state index contributed by atoms with van der Waals surface area (Å²) < 4.78 is 32.0. The van der Waals surface area contributed by atoms with Crippen molar-refractivity contribution in [1.82, 2.24) is 15.0 Å². The number of amides is 2. The molecule has 2 fully saturated rings. The molecule has 7 nitrogen and oxygen atoms in total. The molecule has 1 aromatic rings. The van der Waals surface area contributed by atoms with E-state index in [-0.39, 0.29) is 43.4 Å². The first kappa shape index (κ1) is 21.0. The van der Waals surface area contributed by atoms with Gasteiger partial charge in [0.2, 0.25) is 0 Å². The second-order valence-electron chi connectivity index (χ2n) is 8.02. The minimum absolute atomic E-state index is 0.0529. The van der Waals surface area contributed by atoms with E-state index in [4.69, 9.17) is 4.52 Å². The van der Waals surface area contributed by atoms with Gasteiger partial charge in [-0.2, -0.15) is 0 Å². The average Bonchev–Trinajstić information content (AvgIpc) is 3.17. The van der Waals surface area contributed by atoms with E-state index in [1.54, 1.807) is 18.7 Å². The Kier molecular flexibility index (Phi) is 6.24. The second-order valence-corrected chi connectivity index (χ2v) is 8.02. The summed E-state index contributed by atoms with van der Waals surface area (Å²) in [5, 5.41) is 16.7. The molecular weight excluding hydrogens is 370 g/mol. The van der Waals surface area contributed by atoms with Gasteiger partial charge in [-0.05, 0) is 25.7 Å². The highest BCUT2D eigenvalue weighted by Gasteiger charge is 2.44. The Labute approximate surface area is 164 Å². The second kappa shape index (κ2) is 8.32. The van der Waals surface area contributed by atoms with Gasteiger partial charge in [0.15, 0.2) is 5.76 Å². The third kappa shape index (κ3) is 4.30. The normalized spacial score (nSPS) is 27.9. The third-order valence-corrected chi connectivity index (χ3v) is 6.23. The molecule has 2 aliphatic heterocycles. The van der Waals surface area contributed by atoms with E-state index in [0.717, 1.165) is 6.42 Å². The summed E-state index contributed by atoms with van der Waals surface area (Å²) in [4.78, 5) is 16.6. The van der Waals surface area contributed by atoms with Crippen LogP contribution in [0.5, 0.6) is 0 Å². The number of rotatable bonds is 5. The number of aliphatic hydroxyl groups excluding tert-OH is 1. The van der Waals surface area contributed by atoms with Crippen molar-refractivity contribution in [2.24, 2.45) is 11.8 Å². The molecule has 0 spiro atoms. The highest BCUT2D eigenvalue weighted by molar-refractivity contribution is 5.90. The summed E-state index contributed by atoms with van der Waals surface area (Å²) in [6.07, 6.45) is 0.605. The highest BCUT2D eigenvalue weighted by atomic mass is 19.3. The zero-order valence-electron chi connectivity index (χ0n) is 16.8. The van der Waals surface area contributed by atoms with Gasteiger partial charge in [0.25, 0.3) is 5.92 Å². The van der Waals surface area contributed by atoms with Gasteiger partial charge in [-0.1, -0.05) is 18.5 Å². The van der Waals surface area contributed by atoms with Gasteiger partial charge in [-0.15, -0.1) is 0 Å². The number of carbonyl (C=O) groups is 1. The van der Waals surface area contributed by atoms with Gasteiger partial charge in [0.1, 0.15) is 11.4 Å². The number of aromatic nitrogens is 1. The van der Waals surface area contributed by atoms with Crippen LogP contribution < -0.4 is 5.32 Å². The molecule has 0 radical (unpaired) electrons. The smallest absolute Gasteiger partial charge is 0.322 e. The number of carbonyl (C=O) groups excluding carboxylic acids is 1. The first-order valence-electron chi connectivity index (χ1n) is 9.97. The van der Waals surface area contributed by atoms with E-state index in [1.807, 2.05) is 4.90 Å². The molecule has 9 heteroatoms. The molecule has 3 heterocycles. The zero-order chi connectivity index (χ0) is 20.5. The summed E-state index contributed by atoms with van der Waals surface area (Å²) in [6, 6.07) is -0.632. The van der Waals surface area contributed by atoms with Gasteiger partial charge < -0.3 is 24.7 Å². The number of piperidine rings is 1. The van der Waals surface area contributed by atoms with Crippen molar-refractivity contribution in [3.8, 4) is 0 Å². The molecule has 1 aromatic heterocycles. The molecule has 2 saturated heterocycles. The topological polar surface area (TPSA) is 81.8 Å². The molecule has 28 heavy (non-hydrogen) atoms. The first-order chi connectivity index (χ1) is 13.3. The van der Waals surface area contributed by atoms with Gasteiger partial charge in [0.05, 0.1) is 12.6 Å². The van der Waals surface area contributed by atoms with Crippen LogP contribution in [-0.4, -0.2) is 70.8 Å². The summed E-state index contributed by atoms with van der Waals surface area (Å²) >= 11 is 0. The van der Waals surface area contributed by atoms with E-state index < -0.39 is 5.92 Å². The Morgan fingerprint density at radius 1 is 1.36 bits per heavy atom.